The van der Waals surface area contributed by atoms with E-state index in [1.807, 2.05) is 30.3 Å². The number of halogens is 1. The third kappa shape index (κ3) is 2.16. The van der Waals surface area contributed by atoms with Gasteiger partial charge in [0.25, 0.3) is 5.91 Å². The minimum absolute atomic E-state index is 0.159. The molecule has 3 aromatic rings. The first kappa shape index (κ1) is 12.4. The van der Waals surface area contributed by atoms with Gasteiger partial charge >= 0.3 is 0 Å². The lowest BCUT2D eigenvalue weighted by molar-refractivity contribution is 0.0989. The average molecular weight is 268 g/mol. The fourth-order valence-electron chi connectivity index (χ4n) is 2.15. The third-order valence-corrected chi connectivity index (χ3v) is 3.28. The number of hydrogen-bond acceptors (Lipinski definition) is 1. The Morgan fingerprint density at radius 2 is 1.80 bits per heavy atom. The number of amides is 1. The van der Waals surface area contributed by atoms with Crippen molar-refractivity contribution in [2.45, 2.75) is 0 Å². The van der Waals surface area contributed by atoms with Crippen molar-refractivity contribution in [3.8, 4) is 0 Å². The van der Waals surface area contributed by atoms with Gasteiger partial charge in [-0.2, -0.15) is 0 Å². The van der Waals surface area contributed by atoms with Gasteiger partial charge in [-0.3, -0.25) is 4.79 Å². The molecule has 20 heavy (non-hydrogen) atoms. The zero-order valence-electron chi connectivity index (χ0n) is 10.9. The highest BCUT2D eigenvalue weighted by Crippen LogP contribution is 2.19. The van der Waals surface area contributed by atoms with Gasteiger partial charge in [-0.1, -0.05) is 18.2 Å². The van der Waals surface area contributed by atoms with Crippen LogP contribution in [0.1, 0.15) is 10.5 Å². The van der Waals surface area contributed by atoms with E-state index in [1.165, 1.54) is 17.0 Å². The summed E-state index contributed by atoms with van der Waals surface area (Å²) in [4.78, 5) is 17.0. The number of nitrogens with one attached hydrogen (secondary N) is 1. The molecule has 100 valence electrons. The maximum absolute atomic E-state index is 12.9. The van der Waals surface area contributed by atoms with E-state index in [-0.39, 0.29) is 11.7 Å². The maximum atomic E-state index is 12.9. The highest BCUT2D eigenvalue weighted by molar-refractivity contribution is 6.07. The number of carbonyl (C=O) groups excluding carboxylic acids is 1. The SMILES string of the molecule is CN(C(=O)c1cc2ccccc2[nH]1)c1ccc(F)cc1. The summed E-state index contributed by atoms with van der Waals surface area (Å²) in [7, 11) is 1.67. The van der Waals surface area contributed by atoms with Crippen LogP contribution in [0.5, 0.6) is 0 Å². The fourth-order valence-corrected chi connectivity index (χ4v) is 2.15. The van der Waals surface area contributed by atoms with Crippen LogP contribution in [-0.2, 0) is 0 Å². The van der Waals surface area contributed by atoms with Gasteiger partial charge in [0.2, 0.25) is 0 Å². The summed E-state index contributed by atoms with van der Waals surface area (Å²) >= 11 is 0. The third-order valence-electron chi connectivity index (χ3n) is 3.28. The minimum Gasteiger partial charge on any atom is -0.351 e. The van der Waals surface area contributed by atoms with Crippen LogP contribution >= 0.6 is 0 Å². The summed E-state index contributed by atoms with van der Waals surface area (Å²) in [5.41, 5.74) is 2.08. The Balaban J connectivity index is 1.93. The minimum atomic E-state index is -0.319. The number of nitrogens with zero attached hydrogens (tertiary/aromatic N) is 1. The van der Waals surface area contributed by atoms with Crippen molar-refractivity contribution in [1.29, 1.82) is 0 Å². The van der Waals surface area contributed by atoms with Crippen LogP contribution in [0.15, 0.2) is 54.6 Å². The smallest absolute Gasteiger partial charge is 0.274 e. The van der Waals surface area contributed by atoms with Crippen LogP contribution in [0.25, 0.3) is 10.9 Å². The van der Waals surface area contributed by atoms with Crippen LogP contribution in [0.4, 0.5) is 10.1 Å². The van der Waals surface area contributed by atoms with Crippen LogP contribution in [0.2, 0.25) is 0 Å². The molecule has 0 saturated carbocycles. The predicted octanol–water partition coefficient (Wildman–Crippen LogP) is 3.58. The van der Waals surface area contributed by atoms with Gasteiger partial charge in [-0.15, -0.1) is 0 Å². The van der Waals surface area contributed by atoms with Crippen LogP contribution in [0.3, 0.4) is 0 Å². The Morgan fingerprint density at radius 1 is 1.10 bits per heavy atom. The van der Waals surface area contributed by atoms with Gasteiger partial charge in [0.05, 0.1) is 0 Å². The highest BCUT2D eigenvalue weighted by atomic mass is 19.1. The normalized spacial score (nSPS) is 10.7. The van der Waals surface area contributed by atoms with Gasteiger partial charge in [-0.05, 0) is 36.4 Å². The fraction of sp³-hybridized carbons (Fsp3) is 0.0625. The molecule has 1 aromatic heterocycles. The zero-order valence-corrected chi connectivity index (χ0v) is 10.9. The van der Waals surface area contributed by atoms with E-state index in [9.17, 15) is 9.18 Å². The molecule has 0 aliphatic rings. The van der Waals surface area contributed by atoms with E-state index in [0.29, 0.717) is 11.4 Å². The van der Waals surface area contributed by atoms with Crippen molar-refractivity contribution >= 4 is 22.5 Å². The first-order valence-corrected chi connectivity index (χ1v) is 6.26. The quantitative estimate of drug-likeness (QED) is 0.757. The Morgan fingerprint density at radius 3 is 2.50 bits per heavy atom. The van der Waals surface area contributed by atoms with Gasteiger partial charge < -0.3 is 9.88 Å². The van der Waals surface area contributed by atoms with Crippen molar-refractivity contribution in [3.63, 3.8) is 0 Å². The molecule has 0 bridgehead atoms. The van der Waals surface area contributed by atoms with E-state index in [2.05, 4.69) is 4.98 Å². The molecule has 4 heteroatoms. The van der Waals surface area contributed by atoms with Crippen molar-refractivity contribution in [3.05, 3.63) is 66.1 Å². The van der Waals surface area contributed by atoms with E-state index < -0.39 is 0 Å². The molecule has 1 N–H and O–H groups in total. The first-order chi connectivity index (χ1) is 9.65. The Bertz CT molecular complexity index is 729. The van der Waals surface area contributed by atoms with Crippen molar-refractivity contribution in [1.82, 2.24) is 4.98 Å². The number of para-hydroxylation sites is 1. The van der Waals surface area contributed by atoms with Crippen LogP contribution in [-0.4, -0.2) is 17.9 Å². The second-order valence-corrected chi connectivity index (χ2v) is 4.61. The topological polar surface area (TPSA) is 36.1 Å². The van der Waals surface area contributed by atoms with Crippen LogP contribution in [0, 0.1) is 5.82 Å². The van der Waals surface area contributed by atoms with Crippen molar-refractivity contribution < 1.29 is 9.18 Å². The van der Waals surface area contributed by atoms with Crippen molar-refractivity contribution in [2.24, 2.45) is 0 Å². The predicted molar refractivity (Wildman–Crippen MR) is 77.4 cm³/mol. The first-order valence-electron chi connectivity index (χ1n) is 6.26. The number of fused-ring (bicyclic) bond motifs is 1. The molecule has 0 radical (unpaired) electrons. The zero-order chi connectivity index (χ0) is 14.1. The number of aromatic amines is 1. The van der Waals surface area contributed by atoms with Gasteiger partial charge in [0.1, 0.15) is 11.5 Å². The number of benzene rings is 2. The Hall–Kier alpha value is -2.62. The number of hydrogen-bond donors (Lipinski definition) is 1. The molecule has 3 rings (SSSR count). The standard InChI is InChI=1S/C16H13FN2O/c1-19(13-8-6-12(17)7-9-13)16(20)15-10-11-4-2-3-5-14(11)18-15/h2-10,18H,1H3. The molecule has 3 nitrogen and oxygen atoms in total. The van der Waals surface area contributed by atoms with E-state index in [1.54, 1.807) is 19.2 Å². The van der Waals surface area contributed by atoms with E-state index in [0.717, 1.165) is 10.9 Å². The lowest BCUT2D eigenvalue weighted by Crippen LogP contribution is -2.26. The summed E-state index contributed by atoms with van der Waals surface area (Å²) in [6, 6.07) is 15.4. The van der Waals surface area contributed by atoms with Gasteiger partial charge in [0, 0.05) is 23.6 Å². The number of carbonyl (C=O) groups is 1. The molecule has 1 heterocycles. The summed E-state index contributed by atoms with van der Waals surface area (Å²) in [5, 5.41) is 0.989. The monoisotopic (exact) mass is 268 g/mol. The molecule has 0 aliphatic carbocycles. The van der Waals surface area contributed by atoms with Gasteiger partial charge in [-0.25, -0.2) is 4.39 Å². The Kier molecular flexibility index (Phi) is 2.99. The number of aromatic nitrogens is 1. The molecular formula is C16H13FN2O. The number of H-pyrrole nitrogens is 1. The number of anilines is 1. The molecule has 0 unspecified atom stereocenters. The van der Waals surface area contributed by atoms with Crippen molar-refractivity contribution in [2.75, 3.05) is 11.9 Å². The largest absolute Gasteiger partial charge is 0.351 e. The van der Waals surface area contributed by atoms with E-state index >= 15 is 0 Å². The second-order valence-electron chi connectivity index (χ2n) is 4.61. The molecule has 1 amide bonds. The molecule has 0 saturated heterocycles. The summed E-state index contributed by atoms with van der Waals surface area (Å²) in [5.74, 6) is -0.479. The molecule has 2 aromatic carbocycles. The Labute approximate surface area is 115 Å². The molecule has 0 atom stereocenters. The van der Waals surface area contributed by atoms with E-state index in [4.69, 9.17) is 0 Å². The number of rotatable bonds is 2. The summed E-state index contributed by atoms with van der Waals surface area (Å²) in [6.07, 6.45) is 0. The maximum Gasteiger partial charge on any atom is 0.274 e. The lowest BCUT2D eigenvalue weighted by Gasteiger charge is -2.16. The average Bonchev–Trinajstić information content (AvgIpc) is 2.90. The summed E-state index contributed by atoms with van der Waals surface area (Å²) < 4.78 is 12.9. The molecule has 0 aliphatic heterocycles. The second kappa shape index (κ2) is 4.81. The molecule has 0 fully saturated rings. The van der Waals surface area contributed by atoms with Crippen LogP contribution < -0.4 is 4.90 Å². The lowest BCUT2D eigenvalue weighted by atomic mass is 10.2. The summed E-state index contributed by atoms with van der Waals surface area (Å²) in [6.45, 7) is 0. The molecular weight excluding hydrogens is 255 g/mol. The molecule has 0 spiro atoms. The van der Waals surface area contributed by atoms with Gasteiger partial charge in [0.15, 0.2) is 0 Å². The highest BCUT2D eigenvalue weighted by Gasteiger charge is 2.15.